The first kappa shape index (κ1) is 21.0. The van der Waals surface area contributed by atoms with Gasteiger partial charge in [-0.2, -0.15) is 0 Å². The highest BCUT2D eigenvalue weighted by Crippen LogP contribution is 2.30. The van der Waals surface area contributed by atoms with Gasteiger partial charge in [-0.25, -0.2) is 0 Å². The quantitative estimate of drug-likeness (QED) is 0.424. The SMILES string of the molecule is C=CC(=C)C(Cc1cc(C)c2c(c1)CCC2)/C(C)=C/C=C(/C=C\C)C(=C)C. The summed E-state index contributed by atoms with van der Waals surface area (Å²) >= 11 is 0. The third-order valence-electron chi connectivity index (χ3n) is 5.56. The molecule has 0 heteroatoms. The molecule has 0 saturated carbocycles. The van der Waals surface area contributed by atoms with Gasteiger partial charge in [0.15, 0.2) is 0 Å². The molecule has 1 aromatic carbocycles. The van der Waals surface area contributed by atoms with Crippen molar-refractivity contribution in [3.63, 3.8) is 0 Å². The van der Waals surface area contributed by atoms with E-state index in [2.05, 4.69) is 70.0 Å². The summed E-state index contributed by atoms with van der Waals surface area (Å²) < 4.78 is 0. The normalized spacial score (nSPS) is 15.7. The molecule has 0 spiro atoms. The summed E-state index contributed by atoms with van der Waals surface area (Å²) in [5.41, 5.74) is 10.6. The molecule has 0 amide bonds. The van der Waals surface area contributed by atoms with Crippen LogP contribution in [0.1, 0.15) is 49.4 Å². The molecule has 0 aromatic heterocycles. The van der Waals surface area contributed by atoms with Crippen LogP contribution in [0.25, 0.3) is 0 Å². The largest absolute Gasteiger partial charge is 0.0988 e. The molecule has 0 nitrogen and oxygen atoms in total. The van der Waals surface area contributed by atoms with E-state index >= 15 is 0 Å². The Labute approximate surface area is 166 Å². The van der Waals surface area contributed by atoms with E-state index in [4.69, 9.17) is 0 Å². The second kappa shape index (κ2) is 9.55. The van der Waals surface area contributed by atoms with Gasteiger partial charge in [-0.3, -0.25) is 0 Å². The topological polar surface area (TPSA) is 0 Å². The lowest BCUT2D eigenvalue weighted by molar-refractivity contribution is 0.724. The molecule has 142 valence electrons. The van der Waals surface area contributed by atoms with Crippen LogP contribution in [0.2, 0.25) is 0 Å². The Morgan fingerprint density at radius 3 is 2.52 bits per heavy atom. The second-order valence-corrected chi connectivity index (χ2v) is 7.75. The number of hydrogen-bond acceptors (Lipinski definition) is 0. The van der Waals surface area contributed by atoms with E-state index in [1.54, 1.807) is 11.1 Å². The number of fused-ring (bicyclic) bond motifs is 1. The molecule has 1 aliphatic rings. The van der Waals surface area contributed by atoms with Crippen molar-refractivity contribution < 1.29 is 0 Å². The highest BCUT2D eigenvalue weighted by molar-refractivity contribution is 5.44. The minimum atomic E-state index is 0.273. The van der Waals surface area contributed by atoms with Crippen molar-refractivity contribution in [2.75, 3.05) is 0 Å². The molecule has 27 heavy (non-hydrogen) atoms. The zero-order valence-corrected chi connectivity index (χ0v) is 17.6. The molecular weight excluding hydrogens is 324 g/mol. The average Bonchev–Trinajstić information content (AvgIpc) is 3.11. The van der Waals surface area contributed by atoms with E-state index in [1.165, 1.54) is 36.0 Å². The highest BCUT2D eigenvalue weighted by atomic mass is 14.2. The Hall–Kier alpha value is -2.34. The average molecular weight is 359 g/mol. The summed E-state index contributed by atoms with van der Waals surface area (Å²) in [6, 6.07) is 4.79. The van der Waals surface area contributed by atoms with Crippen LogP contribution in [0.4, 0.5) is 0 Å². The molecule has 1 atom stereocenters. The second-order valence-electron chi connectivity index (χ2n) is 7.75. The molecule has 0 aliphatic heterocycles. The Morgan fingerprint density at radius 1 is 1.15 bits per heavy atom. The summed E-state index contributed by atoms with van der Waals surface area (Å²) in [6.07, 6.45) is 15.2. The molecule has 0 bridgehead atoms. The van der Waals surface area contributed by atoms with Gasteiger partial charge in [0.2, 0.25) is 0 Å². The third-order valence-corrected chi connectivity index (χ3v) is 5.56. The summed E-state index contributed by atoms with van der Waals surface area (Å²) in [7, 11) is 0. The molecule has 0 N–H and O–H groups in total. The highest BCUT2D eigenvalue weighted by Gasteiger charge is 2.18. The van der Waals surface area contributed by atoms with Gasteiger partial charge < -0.3 is 0 Å². The van der Waals surface area contributed by atoms with Gasteiger partial charge in [0.05, 0.1) is 0 Å². The van der Waals surface area contributed by atoms with Gasteiger partial charge in [-0.15, -0.1) is 0 Å². The smallest absolute Gasteiger partial charge is 0.00828 e. The molecule has 0 saturated heterocycles. The van der Waals surface area contributed by atoms with Gasteiger partial charge in [-0.1, -0.05) is 73.4 Å². The van der Waals surface area contributed by atoms with E-state index < -0.39 is 0 Å². The first-order valence-electron chi connectivity index (χ1n) is 9.97. The molecule has 1 unspecified atom stereocenters. The Kier molecular flexibility index (Phi) is 7.42. The number of hydrogen-bond donors (Lipinski definition) is 0. The maximum absolute atomic E-state index is 4.27. The molecule has 0 heterocycles. The monoisotopic (exact) mass is 358 g/mol. The predicted octanol–water partition coefficient (Wildman–Crippen LogP) is 7.41. The molecule has 1 aromatic rings. The fraction of sp³-hybridized carbons (Fsp3) is 0.333. The first-order chi connectivity index (χ1) is 12.9. The van der Waals surface area contributed by atoms with Crippen molar-refractivity contribution in [3.8, 4) is 0 Å². The van der Waals surface area contributed by atoms with Gasteiger partial charge >= 0.3 is 0 Å². The molecule has 2 rings (SSSR count). The lowest BCUT2D eigenvalue weighted by Crippen LogP contribution is -2.09. The lowest BCUT2D eigenvalue weighted by atomic mass is 9.85. The fourth-order valence-corrected chi connectivity index (χ4v) is 3.94. The van der Waals surface area contributed by atoms with Crippen LogP contribution in [0.3, 0.4) is 0 Å². The minimum absolute atomic E-state index is 0.273. The van der Waals surface area contributed by atoms with E-state index in [-0.39, 0.29) is 5.92 Å². The van der Waals surface area contributed by atoms with Crippen LogP contribution >= 0.6 is 0 Å². The van der Waals surface area contributed by atoms with Crippen LogP contribution in [0.5, 0.6) is 0 Å². The lowest BCUT2D eigenvalue weighted by Gasteiger charge is -2.20. The van der Waals surface area contributed by atoms with E-state index in [0.29, 0.717) is 0 Å². The van der Waals surface area contributed by atoms with E-state index in [9.17, 15) is 0 Å². The Balaban J connectivity index is 2.33. The molecular formula is C27H34. The molecule has 1 aliphatic carbocycles. The van der Waals surface area contributed by atoms with Crippen LogP contribution < -0.4 is 0 Å². The number of allylic oxidation sites excluding steroid dienone is 9. The maximum Gasteiger partial charge on any atom is 0.00828 e. The van der Waals surface area contributed by atoms with Crippen LogP contribution in [0, 0.1) is 12.8 Å². The zero-order chi connectivity index (χ0) is 20.0. The van der Waals surface area contributed by atoms with E-state index in [0.717, 1.165) is 23.1 Å². The van der Waals surface area contributed by atoms with Crippen molar-refractivity contribution >= 4 is 0 Å². The third kappa shape index (κ3) is 5.32. The zero-order valence-electron chi connectivity index (χ0n) is 17.6. The van der Waals surface area contributed by atoms with E-state index in [1.807, 2.05) is 19.9 Å². The minimum Gasteiger partial charge on any atom is -0.0988 e. The van der Waals surface area contributed by atoms with Crippen LogP contribution in [-0.4, -0.2) is 0 Å². The molecule has 0 fully saturated rings. The maximum atomic E-state index is 4.27. The fourth-order valence-electron chi connectivity index (χ4n) is 3.94. The number of aryl methyl sites for hydroxylation is 2. The van der Waals surface area contributed by atoms with Crippen molar-refractivity contribution in [1.29, 1.82) is 0 Å². The first-order valence-corrected chi connectivity index (χ1v) is 9.97. The van der Waals surface area contributed by atoms with Crippen molar-refractivity contribution in [1.82, 2.24) is 0 Å². The number of benzene rings is 1. The number of rotatable bonds is 8. The predicted molar refractivity (Wildman–Crippen MR) is 121 cm³/mol. The summed E-state index contributed by atoms with van der Waals surface area (Å²) in [6.45, 7) is 20.8. The summed E-state index contributed by atoms with van der Waals surface area (Å²) in [5, 5.41) is 0. The van der Waals surface area contributed by atoms with Gasteiger partial charge in [0, 0.05) is 5.92 Å². The van der Waals surface area contributed by atoms with Crippen molar-refractivity contribution in [2.24, 2.45) is 5.92 Å². The Bertz CT molecular complexity index is 824. The van der Waals surface area contributed by atoms with Gasteiger partial charge in [0.1, 0.15) is 0 Å². The van der Waals surface area contributed by atoms with Gasteiger partial charge in [-0.05, 0) is 86.8 Å². The Morgan fingerprint density at radius 2 is 1.89 bits per heavy atom. The standard InChI is InChI=1S/C27H34/c1-8-11-24(19(3)4)15-14-21(6)27(20(5)9-2)18-23-16-22(7)26-13-10-12-25(26)17-23/h8-9,11,14-17,27H,2-3,5,10,12-13,18H2,1,4,6-7H3/b11-8-,21-14+,24-15-. The van der Waals surface area contributed by atoms with Crippen LogP contribution in [0.15, 0.2) is 84.5 Å². The van der Waals surface area contributed by atoms with Crippen molar-refractivity contribution in [2.45, 2.75) is 53.4 Å². The molecule has 0 radical (unpaired) electrons. The summed E-state index contributed by atoms with van der Waals surface area (Å²) in [4.78, 5) is 0. The summed E-state index contributed by atoms with van der Waals surface area (Å²) in [5.74, 6) is 0.273. The van der Waals surface area contributed by atoms with Crippen molar-refractivity contribution in [3.05, 3.63) is 107 Å². The van der Waals surface area contributed by atoms with Crippen LogP contribution in [-0.2, 0) is 19.3 Å². The van der Waals surface area contributed by atoms with Gasteiger partial charge in [0.25, 0.3) is 0 Å².